The second-order valence-electron chi connectivity index (χ2n) is 9.99. The summed E-state index contributed by atoms with van der Waals surface area (Å²) in [5.41, 5.74) is 2.77. The average Bonchev–Trinajstić information content (AvgIpc) is 3.05. The van der Waals surface area contributed by atoms with Crippen molar-refractivity contribution in [1.82, 2.24) is 9.80 Å². The Morgan fingerprint density at radius 1 is 1.03 bits per heavy atom. The van der Waals surface area contributed by atoms with Crippen LogP contribution in [0, 0.1) is 24.7 Å². The molecule has 1 saturated carbocycles. The highest BCUT2D eigenvalue weighted by molar-refractivity contribution is 6.11. The third kappa shape index (κ3) is 4.12. The van der Waals surface area contributed by atoms with Crippen LogP contribution in [0.3, 0.4) is 0 Å². The fourth-order valence-electron chi connectivity index (χ4n) is 5.64. The lowest BCUT2D eigenvalue weighted by atomic mass is 9.70. The first-order chi connectivity index (χ1) is 15.3. The van der Waals surface area contributed by atoms with E-state index in [0.29, 0.717) is 29.7 Å². The molecule has 1 aliphatic carbocycles. The number of Topliss-reactive ketones (excluding diaryl/α,β-unsaturated/α-hetero) is 1. The molecule has 0 N–H and O–H groups in total. The number of ketones is 1. The normalized spacial score (nSPS) is 29.9. The molecule has 1 aromatic rings. The third-order valence-electron chi connectivity index (χ3n) is 7.97. The fraction of sp³-hybridized carbons (Fsp3) is 0.630. The van der Waals surface area contributed by atoms with Gasteiger partial charge in [0.25, 0.3) is 5.91 Å². The Labute approximate surface area is 192 Å². The number of aryl methyl sites for hydroxylation is 1. The lowest BCUT2D eigenvalue weighted by Gasteiger charge is -2.40. The lowest BCUT2D eigenvalue weighted by Crippen LogP contribution is -2.43. The first-order valence-electron chi connectivity index (χ1n) is 12.4. The molecule has 5 heteroatoms. The Kier molecular flexibility index (Phi) is 6.75. The van der Waals surface area contributed by atoms with Gasteiger partial charge in [-0.05, 0) is 63.2 Å². The molecule has 1 fully saturated rings. The first kappa shape index (κ1) is 23.0. The number of carbonyl (C=O) groups excluding carboxylic acids is 2. The van der Waals surface area contributed by atoms with Crippen LogP contribution in [0.5, 0.6) is 0 Å². The van der Waals surface area contributed by atoms with E-state index in [2.05, 4.69) is 63.8 Å². The van der Waals surface area contributed by atoms with E-state index in [-0.39, 0.29) is 29.8 Å². The molecule has 174 valence electrons. The molecule has 1 amide bonds. The summed E-state index contributed by atoms with van der Waals surface area (Å²) in [5, 5.41) is 0. The molecule has 0 saturated heterocycles. The van der Waals surface area contributed by atoms with Crippen molar-refractivity contribution in [3.63, 3.8) is 0 Å². The molecular formula is C27H38N2O3. The van der Waals surface area contributed by atoms with Crippen LogP contribution in [0.15, 0.2) is 35.6 Å². The molecule has 5 atom stereocenters. The summed E-state index contributed by atoms with van der Waals surface area (Å²) < 4.78 is 6.35. The van der Waals surface area contributed by atoms with Gasteiger partial charge in [-0.15, -0.1) is 0 Å². The van der Waals surface area contributed by atoms with Crippen molar-refractivity contribution in [2.24, 2.45) is 17.8 Å². The van der Waals surface area contributed by atoms with Crippen molar-refractivity contribution in [2.75, 3.05) is 26.2 Å². The van der Waals surface area contributed by atoms with Gasteiger partial charge in [0.1, 0.15) is 6.10 Å². The van der Waals surface area contributed by atoms with E-state index in [1.165, 1.54) is 5.56 Å². The quantitative estimate of drug-likeness (QED) is 0.628. The van der Waals surface area contributed by atoms with E-state index in [0.717, 1.165) is 44.5 Å². The van der Waals surface area contributed by atoms with Crippen molar-refractivity contribution in [1.29, 1.82) is 0 Å². The molecule has 4 rings (SSSR count). The van der Waals surface area contributed by atoms with Gasteiger partial charge in [-0.25, -0.2) is 0 Å². The maximum atomic E-state index is 13.8. The summed E-state index contributed by atoms with van der Waals surface area (Å²) in [4.78, 5) is 31.6. The minimum absolute atomic E-state index is 0.108. The maximum Gasteiger partial charge on any atom is 0.290 e. The number of carbonyl (C=O) groups is 2. The number of amides is 1. The number of benzene rings is 1. The Balaban J connectivity index is 1.65. The lowest BCUT2D eigenvalue weighted by molar-refractivity contribution is -0.137. The summed E-state index contributed by atoms with van der Waals surface area (Å²) in [6, 6.07) is 7.91. The van der Waals surface area contributed by atoms with Gasteiger partial charge in [0.2, 0.25) is 0 Å². The Morgan fingerprint density at radius 2 is 1.69 bits per heavy atom. The van der Waals surface area contributed by atoms with Gasteiger partial charge in [0.15, 0.2) is 11.5 Å². The standard InChI is InChI=1S/C27H38N2O3/c1-6-28(7-2)13-8-14-29-24(20-11-9-17(3)10-12-20)23-25(30)21-15-18(4)19(5)16-22(21)32-26(23)27(29)31/h9-12,18-19,21-22,24H,6-8,13-16H2,1-5H3. The van der Waals surface area contributed by atoms with Crippen molar-refractivity contribution >= 4 is 11.7 Å². The summed E-state index contributed by atoms with van der Waals surface area (Å²) >= 11 is 0. The van der Waals surface area contributed by atoms with Gasteiger partial charge in [-0.2, -0.15) is 0 Å². The number of hydrogen-bond acceptors (Lipinski definition) is 4. The molecule has 0 radical (unpaired) electrons. The summed E-state index contributed by atoms with van der Waals surface area (Å²) in [6.07, 6.45) is 2.41. The second kappa shape index (κ2) is 9.38. The molecule has 32 heavy (non-hydrogen) atoms. The van der Waals surface area contributed by atoms with Crippen molar-refractivity contribution in [2.45, 2.75) is 66.0 Å². The zero-order valence-corrected chi connectivity index (χ0v) is 20.3. The van der Waals surface area contributed by atoms with Crippen LogP contribution >= 0.6 is 0 Å². The van der Waals surface area contributed by atoms with Gasteiger partial charge >= 0.3 is 0 Å². The van der Waals surface area contributed by atoms with Crippen LogP contribution in [0.1, 0.15) is 64.1 Å². The van der Waals surface area contributed by atoms with E-state index in [9.17, 15) is 9.59 Å². The number of fused-ring (bicyclic) bond motifs is 1. The predicted molar refractivity (Wildman–Crippen MR) is 126 cm³/mol. The van der Waals surface area contributed by atoms with E-state index in [1.807, 2.05) is 4.90 Å². The molecule has 2 heterocycles. The Hall–Kier alpha value is -2.14. The zero-order valence-electron chi connectivity index (χ0n) is 20.3. The fourth-order valence-corrected chi connectivity index (χ4v) is 5.64. The monoisotopic (exact) mass is 438 g/mol. The minimum atomic E-state index is -0.335. The molecule has 0 aromatic heterocycles. The number of ether oxygens (including phenoxy) is 1. The maximum absolute atomic E-state index is 13.8. The smallest absolute Gasteiger partial charge is 0.290 e. The zero-order chi connectivity index (χ0) is 23.0. The third-order valence-corrected chi connectivity index (χ3v) is 7.97. The summed E-state index contributed by atoms with van der Waals surface area (Å²) in [7, 11) is 0. The number of hydrogen-bond donors (Lipinski definition) is 0. The van der Waals surface area contributed by atoms with Gasteiger partial charge in [-0.1, -0.05) is 57.5 Å². The van der Waals surface area contributed by atoms with E-state index in [1.54, 1.807) is 0 Å². The summed E-state index contributed by atoms with van der Waals surface area (Å²) in [6.45, 7) is 14.4. The highest BCUT2D eigenvalue weighted by Crippen LogP contribution is 2.48. The Bertz CT molecular complexity index is 887. The molecule has 0 spiro atoms. The van der Waals surface area contributed by atoms with Gasteiger partial charge < -0.3 is 14.5 Å². The molecule has 1 aromatic carbocycles. The van der Waals surface area contributed by atoms with Crippen molar-refractivity contribution in [3.8, 4) is 0 Å². The highest BCUT2D eigenvalue weighted by atomic mass is 16.5. The highest BCUT2D eigenvalue weighted by Gasteiger charge is 2.53. The van der Waals surface area contributed by atoms with E-state index >= 15 is 0 Å². The van der Waals surface area contributed by atoms with Crippen molar-refractivity contribution in [3.05, 3.63) is 46.7 Å². The van der Waals surface area contributed by atoms with Crippen LogP contribution in [-0.4, -0.2) is 53.8 Å². The molecule has 5 nitrogen and oxygen atoms in total. The number of rotatable bonds is 7. The molecule has 3 aliphatic rings. The van der Waals surface area contributed by atoms with Crippen LogP contribution in [0.2, 0.25) is 0 Å². The second-order valence-corrected chi connectivity index (χ2v) is 9.99. The Morgan fingerprint density at radius 3 is 2.34 bits per heavy atom. The van der Waals surface area contributed by atoms with Gasteiger partial charge in [0, 0.05) is 6.54 Å². The number of nitrogens with zero attached hydrogens (tertiary/aromatic N) is 2. The molecular weight excluding hydrogens is 400 g/mol. The predicted octanol–water partition coefficient (Wildman–Crippen LogP) is 4.51. The molecule has 2 aliphatic heterocycles. The SMILES string of the molecule is CCN(CC)CCCN1C(=O)C2=C(C(=O)C3CC(C)C(C)CC3O2)C1c1ccc(C)cc1. The van der Waals surface area contributed by atoms with Crippen LogP contribution in [-0.2, 0) is 14.3 Å². The average molecular weight is 439 g/mol. The van der Waals surface area contributed by atoms with E-state index in [4.69, 9.17) is 4.74 Å². The largest absolute Gasteiger partial charge is 0.483 e. The van der Waals surface area contributed by atoms with Gasteiger partial charge in [-0.3, -0.25) is 9.59 Å². The summed E-state index contributed by atoms with van der Waals surface area (Å²) in [5.74, 6) is 1.22. The van der Waals surface area contributed by atoms with E-state index < -0.39 is 0 Å². The molecule has 5 unspecified atom stereocenters. The van der Waals surface area contributed by atoms with Gasteiger partial charge in [0.05, 0.1) is 17.5 Å². The van der Waals surface area contributed by atoms with Crippen molar-refractivity contribution < 1.29 is 14.3 Å². The van der Waals surface area contributed by atoms with Crippen LogP contribution in [0.4, 0.5) is 0 Å². The topological polar surface area (TPSA) is 49.9 Å². The van der Waals surface area contributed by atoms with Crippen LogP contribution in [0.25, 0.3) is 0 Å². The molecule has 0 bridgehead atoms. The first-order valence-corrected chi connectivity index (χ1v) is 12.4. The minimum Gasteiger partial charge on any atom is -0.483 e. The van der Waals surface area contributed by atoms with Crippen LogP contribution < -0.4 is 0 Å².